The van der Waals surface area contributed by atoms with Crippen LogP contribution in [0.4, 0.5) is 0 Å². The topological polar surface area (TPSA) is 72.2 Å². The third-order valence-corrected chi connectivity index (χ3v) is 3.92. The van der Waals surface area contributed by atoms with Gasteiger partial charge >= 0.3 is 7.12 Å². The fraction of sp³-hybridized carbons (Fsp3) is 0.500. The largest absolute Gasteiger partial charge is 0.497 e. The Bertz CT molecular complexity index is 589. The third kappa shape index (κ3) is 2.35. The van der Waals surface area contributed by atoms with E-state index < -0.39 is 18.3 Å². The van der Waals surface area contributed by atoms with Gasteiger partial charge in [0.15, 0.2) is 5.78 Å². The van der Waals surface area contributed by atoms with Crippen LogP contribution in [-0.2, 0) is 9.31 Å². The van der Waals surface area contributed by atoms with Crippen molar-refractivity contribution in [1.82, 2.24) is 4.98 Å². The second-order valence-electron chi connectivity index (χ2n) is 5.91. The molecule has 1 saturated heterocycles. The zero-order valence-electron chi connectivity index (χ0n) is 12.4. The molecule has 0 aliphatic carbocycles. The van der Waals surface area contributed by atoms with E-state index in [4.69, 9.17) is 9.31 Å². The van der Waals surface area contributed by atoms with Crippen LogP contribution < -0.4 is 5.46 Å². The Hall–Kier alpha value is -1.71. The molecule has 104 valence electrons. The molecular formula is C14H17BN2O3. The second-order valence-corrected chi connectivity index (χ2v) is 5.91. The van der Waals surface area contributed by atoms with E-state index in [9.17, 15) is 10.1 Å². The molecule has 0 unspecified atom stereocenters. The SMILES string of the molecule is CC(=O)c1cc(C#N)c(B2OC(C)(C)C(C)(C)O2)cn1. The molecule has 1 aliphatic heterocycles. The number of pyridine rings is 1. The highest BCUT2D eigenvalue weighted by molar-refractivity contribution is 6.62. The number of nitrogens with zero attached hydrogens (tertiary/aromatic N) is 2. The summed E-state index contributed by atoms with van der Waals surface area (Å²) >= 11 is 0. The molecule has 0 bridgehead atoms. The maximum atomic E-state index is 11.3. The number of nitriles is 1. The number of rotatable bonds is 2. The zero-order valence-corrected chi connectivity index (χ0v) is 12.4. The van der Waals surface area contributed by atoms with Crippen molar-refractivity contribution in [3.8, 4) is 6.07 Å². The van der Waals surface area contributed by atoms with Gasteiger partial charge in [0.05, 0.1) is 22.8 Å². The van der Waals surface area contributed by atoms with Crippen LogP contribution in [0, 0.1) is 11.3 Å². The molecule has 0 amide bonds. The third-order valence-electron chi connectivity index (χ3n) is 3.92. The van der Waals surface area contributed by atoms with Crippen molar-refractivity contribution in [1.29, 1.82) is 5.26 Å². The molecule has 0 atom stereocenters. The van der Waals surface area contributed by atoms with Crippen molar-refractivity contribution >= 4 is 18.4 Å². The monoisotopic (exact) mass is 272 g/mol. The first-order chi connectivity index (χ1) is 9.18. The van der Waals surface area contributed by atoms with Gasteiger partial charge in [0.2, 0.25) is 0 Å². The minimum absolute atomic E-state index is 0.179. The maximum Gasteiger partial charge on any atom is 0.497 e. The molecule has 5 nitrogen and oxygen atoms in total. The quantitative estimate of drug-likeness (QED) is 0.602. The number of aromatic nitrogens is 1. The minimum Gasteiger partial charge on any atom is -0.399 e. The zero-order chi connectivity index (χ0) is 15.1. The Morgan fingerprint density at radius 2 is 1.85 bits per heavy atom. The van der Waals surface area contributed by atoms with Crippen LogP contribution >= 0.6 is 0 Å². The predicted molar refractivity (Wildman–Crippen MR) is 74.7 cm³/mol. The minimum atomic E-state index is -0.650. The van der Waals surface area contributed by atoms with Crippen molar-refractivity contribution in [2.45, 2.75) is 45.8 Å². The molecule has 1 aromatic rings. The molecule has 1 fully saturated rings. The van der Waals surface area contributed by atoms with Gasteiger partial charge in [-0.25, -0.2) is 0 Å². The predicted octanol–water partition coefficient (Wildman–Crippen LogP) is 1.46. The molecule has 0 radical (unpaired) electrons. The first-order valence-corrected chi connectivity index (χ1v) is 6.44. The summed E-state index contributed by atoms with van der Waals surface area (Å²) in [6.45, 7) is 9.18. The van der Waals surface area contributed by atoms with Crippen LogP contribution in [0.25, 0.3) is 0 Å². The number of hydrogen-bond donors (Lipinski definition) is 0. The lowest BCUT2D eigenvalue weighted by atomic mass is 9.77. The van der Waals surface area contributed by atoms with Gasteiger partial charge in [-0.1, -0.05) is 0 Å². The van der Waals surface area contributed by atoms with Crippen LogP contribution in [0.15, 0.2) is 12.3 Å². The van der Waals surface area contributed by atoms with Crippen molar-refractivity contribution < 1.29 is 14.1 Å². The van der Waals surface area contributed by atoms with Crippen LogP contribution in [0.3, 0.4) is 0 Å². The molecular weight excluding hydrogens is 255 g/mol. The lowest BCUT2D eigenvalue weighted by molar-refractivity contribution is 0.00578. The Balaban J connectivity index is 2.41. The normalized spacial score (nSPS) is 19.7. The molecule has 6 heteroatoms. The molecule has 0 saturated carbocycles. The highest BCUT2D eigenvalue weighted by atomic mass is 16.7. The Kier molecular flexibility index (Phi) is 3.45. The molecule has 0 spiro atoms. The summed E-state index contributed by atoms with van der Waals surface area (Å²) in [7, 11) is -0.650. The average Bonchev–Trinajstić information content (AvgIpc) is 2.57. The van der Waals surface area contributed by atoms with Crippen LogP contribution in [0.1, 0.15) is 50.7 Å². The summed E-state index contributed by atoms with van der Waals surface area (Å²) in [5.74, 6) is -0.179. The number of Topliss-reactive ketones (excluding diaryl/α,β-unsaturated/α-hetero) is 1. The van der Waals surface area contributed by atoms with E-state index in [0.717, 1.165) is 0 Å². The van der Waals surface area contributed by atoms with Gasteiger partial charge in [-0.3, -0.25) is 9.78 Å². The number of carbonyl (C=O) groups is 1. The molecule has 20 heavy (non-hydrogen) atoms. The van der Waals surface area contributed by atoms with E-state index >= 15 is 0 Å². The van der Waals surface area contributed by atoms with Crippen molar-refractivity contribution in [3.05, 3.63) is 23.5 Å². The van der Waals surface area contributed by atoms with Gasteiger partial charge in [0.1, 0.15) is 5.69 Å². The second kappa shape index (κ2) is 4.69. The van der Waals surface area contributed by atoms with Crippen LogP contribution in [0.2, 0.25) is 0 Å². The Morgan fingerprint density at radius 3 is 2.30 bits per heavy atom. The first-order valence-electron chi connectivity index (χ1n) is 6.44. The van der Waals surface area contributed by atoms with Crippen LogP contribution in [-0.4, -0.2) is 29.1 Å². The summed E-state index contributed by atoms with van der Waals surface area (Å²) in [6.07, 6.45) is 1.48. The Labute approximate surface area is 119 Å². The fourth-order valence-corrected chi connectivity index (χ4v) is 1.91. The first kappa shape index (κ1) is 14.7. The van der Waals surface area contributed by atoms with Crippen molar-refractivity contribution in [2.75, 3.05) is 0 Å². The molecule has 1 aromatic heterocycles. The van der Waals surface area contributed by atoms with Gasteiger partial charge in [0.25, 0.3) is 0 Å². The highest BCUT2D eigenvalue weighted by Crippen LogP contribution is 2.36. The molecule has 0 aromatic carbocycles. The molecule has 0 N–H and O–H groups in total. The lowest BCUT2D eigenvalue weighted by Gasteiger charge is -2.32. The molecule has 2 rings (SSSR count). The molecule has 2 heterocycles. The summed E-state index contributed by atoms with van der Waals surface area (Å²) in [5.41, 5.74) is 0.203. The smallest absolute Gasteiger partial charge is 0.399 e. The van der Waals surface area contributed by atoms with Gasteiger partial charge < -0.3 is 9.31 Å². The Morgan fingerprint density at radius 1 is 1.30 bits per heavy atom. The lowest BCUT2D eigenvalue weighted by Crippen LogP contribution is -2.41. The van der Waals surface area contributed by atoms with E-state index in [1.54, 1.807) is 0 Å². The van der Waals surface area contributed by atoms with E-state index in [0.29, 0.717) is 11.0 Å². The molecule has 1 aliphatic rings. The van der Waals surface area contributed by atoms with E-state index in [1.165, 1.54) is 19.2 Å². The van der Waals surface area contributed by atoms with Crippen LogP contribution in [0.5, 0.6) is 0 Å². The van der Waals surface area contributed by atoms with Gasteiger partial charge in [0, 0.05) is 18.6 Å². The van der Waals surface area contributed by atoms with E-state index in [2.05, 4.69) is 11.1 Å². The fourth-order valence-electron chi connectivity index (χ4n) is 1.91. The van der Waals surface area contributed by atoms with Gasteiger partial charge in [-0.15, -0.1) is 0 Å². The van der Waals surface area contributed by atoms with Crippen molar-refractivity contribution in [3.63, 3.8) is 0 Å². The van der Waals surface area contributed by atoms with Gasteiger partial charge in [-0.05, 0) is 33.8 Å². The summed E-state index contributed by atoms with van der Waals surface area (Å²) in [4.78, 5) is 15.4. The summed E-state index contributed by atoms with van der Waals surface area (Å²) in [6, 6.07) is 3.55. The van der Waals surface area contributed by atoms with E-state index in [1.807, 2.05) is 27.7 Å². The highest BCUT2D eigenvalue weighted by Gasteiger charge is 2.52. The van der Waals surface area contributed by atoms with Gasteiger partial charge in [-0.2, -0.15) is 5.26 Å². The standard InChI is InChI=1S/C14H17BN2O3/c1-9(18)12-6-10(7-16)11(8-17-12)15-19-13(2,3)14(4,5)20-15/h6,8H,1-5H3. The average molecular weight is 272 g/mol. The number of ketones is 1. The summed E-state index contributed by atoms with van der Waals surface area (Å²) in [5, 5.41) is 9.25. The summed E-state index contributed by atoms with van der Waals surface area (Å²) < 4.78 is 11.8. The number of carbonyl (C=O) groups excluding carboxylic acids is 1. The van der Waals surface area contributed by atoms with E-state index in [-0.39, 0.29) is 11.5 Å². The maximum absolute atomic E-state index is 11.3. The van der Waals surface area contributed by atoms with Crippen molar-refractivity contribution in [2.24, 2.45) is 0 Å². The number of hydrogen-bond acceptors (Lipinski definition) is 5.